The lowest BCUT2D eigenvalue weighted by Crippen LogP contribution is -1.91. The van der Waals surface area contributed by atoms with Gasteiger partial charge in [0.2, 0.25) is 0 Å². The van der Waals surface area contributed by atoms with Crippen molar-refractivity contribution in [2.75, 3.05) is 0 Å². The van der Waals surface area contributed by atoms with Crippen LogP contribution in [0.4, 0.5) is 0 Å². The SMILES string of the molecule is O=C(O)c1sc2c(Cl)cc(Cl)c(O)c2c1Cl. The summed E-state index contributed by atoms with van der Waals surface area (Å²) in [6, 6.07) is 1.35. The average molecular weight is 298 g/mol. The van der Waals surface area contributed by atoms with Crippen molar-refractivity contribution in [2.24, 2.45) is 0 Å². The zero-order valence-corrected chi connectivity index (χ0v) is 10.5. The number of aromatic carboxylic acids is 1. The molecule has 0 bridgehead atoms. The molecule has 3 nitrogen and oxygen atoms in total. The van der Waals surface area contributed by atoms with E-state index in [2.05, 4.69) is 0 Å². The summed E-state index contributed by atoms with van der Waals surface area (Å²) >= 11 is 18.4. The van der Waals surface area contributed by atoms with Gasteiger partial charge in [-0.15, -0.1) is 11.3 Å². The van der Waals surface area contributed by atoms with Gasteiger partial charge in [0.25, 0.3) is 0 Å². The third-order valence-electron chi connectivity index (χ3n) is 1.98. The van der Waals surface area contributed by atoms with E-state index in [1.54, 1.807) is 0 Å². The number of carbonyl (C=O) groups is 1. The zero-order chi connectivity index (χ0) is 12.0. The van der Waals surface area contributed by atoms with E-state index in [0.29, 0.717) is 4.70 Å². The fraction of sp³-hybridized carbons (Fsp3) is 0. The lowest BCUT2D eigenvalue weighted by atomic mass is 10.2. The number of aromatic hydroxyl groups is 1. The van der Waals surface area contributed by atoms with Crippen LogP contribution in [0.15, 0.2) is 6.07 Å². The molecule has 0 saturated carbocycles. The van der Waals surface area contributed by atoms with Gasteiger partial charge in [-0.05, 0) is 6.07 Å². The Balaban J connectivity index is 2.97. The highest BCUT2D eigenvalue weighted by atomic mass is 35.5. The zero-order valence-electron chi connectivity index (χ0n) is 7.42. The van der Waals surface area contributed by atoms with Crippen LogP contribution < -0.4 is 0 Å². The first-order chi connectivity index (χ1) is 7.43. The van der Waals surface area contributed by atoms with E-state index in [0.717, 1.165) is 11.3 Å². The summed E-state index contributed by atoms with van der Waals surface area (Å²) < 4.78 is 0.408. The van der Waals surface area contributed by atoms with E-state index in [-0.39, 0.29) is 31.1 Å². The van der Waals surface area contributed by atoms with Crippen LogP contribution in [0.25, 0.3) is 10.1 Å². The van der Waals surface area contributed by atoms with Crippen molar-refractivity contribution in [3.05, 3.63) is 26.0 Å². The van der Waals surface area contributed by atoms with Crippen LogP contribution in [-0.2, 0) is 0 Å². The molecule has 0 atom stereocenters. The minimum Gasteiger partial charge on any atom is -0.506 e. The number of phenols is 1. The molecule has 0 aliphatic rings. The first kappa shape index (κ1) is 11.8. The lowest BCUT2D eigenvalue weighted by molar-refractivity contribution is 0.0702. The van der Waals surface area contributed by atoms with Crippen LogP contribution in [0.2, 0.25) is 15.1 Å². The van der Waals surface area contributed by atoms with Crippen LogP contribution in [0.1, 0.15) is 9.67 Å². The van der Waals surface area contributed by atoms with Gasteiger partial charge in [0.05, 0.1) is 25.2 Å². The van der Waals surface area contributed by atoms with Crippen molar-refractivity contribution >= 4 is 62.2 Å². The maximum absolute atomic E-state index is 10.9. The molecule has 0 amide bonds. The van der Waals surface area contributed by atoms with Gasteiger partial charge >= 0.3 is 5.97 Å². The Bertz CT molecular complexity index is 606. The van der Waals surface area contributed by atoms with Crippen molar-refractivity contribution in [2.45, 2.75) is 0 Å². The molecule has 0 radical (unpaired) electrons. The Morgan fingerprint density at radius 1 is 1.25 bits per heavy atom. The molecule has 0 saturated heterocycles. The van der Waals surface area contributed by atoms with Gasteiger partial charge in [-0.3, -0.25) is 0 Å². The molecular formula is C9H3Cl3O3S. The van der Waals surface area contributed by atoms with E-state index < -0.39 is 5.97 Å². The first-order valence-corrected chi connectivity index (χ1v) is 5.90. The number of benzene rings is 1. The fourth-order valence-electron chi connectivity index (χ4n) is 1.29. The maximum atomic E-state index is 10.9. The molecule has 0 aliphatic heterocycles. The van der Waals surface area contributed by atoms with Crippen LogP contribution in [-0.4, -0.2) is 16.2 Å². The molecule has 0 aliphatic carbocycles. The minimum atomic E-state index is -1.17. The van der Waals surface area contributed by atoms with Crippen molar-refractivity contribution < 1.29 is 15.0 Å². The standard InChI is InChI=1S/C9H3Cl3O3S/c10-2-1-3(11)7-4(6(2)13)5(12)8(16-7)9(14)15/h1,13H,(H,14,15). The number of thiophene rings is 1. The van der Waals surface area contributed by atoms with Crippen LogP contribution in [0.5, 0.6) is 5.75 Å². The van der Waals surface area contributed by atoms with Gasteiger partial charge in [0, 0.05) is 0 Å². The molecule has 1 heterocycles. The number of phenolic OH excluding ortho intramolecular Hbond substituents is 1. The predicted octanol–water partition coefficient (Wildman–Crippen LogP) is 4.27. The fourth-order valence-corrected chi connectivity index (χ4v) is 3.25. The monoisotopic (exact) mass is 296 g/mol. The van der Waals surface area contributed by atoms with Gasteiger partial charge in [-0.2, -0.15) is 0 Å². The highest BCUT2D eigenvalue weighted by molar-refractivity contribution is 7.22. The molecule has 2 rings (SSSR count). The van der Waals surface area contributed by atoms with E-state index in [4.69, 9.17) is 39.9 Å². The Kier molecular flexibility index (Phi) is 2.92. The second-order valence-corrected chi connectivity index (χ2v) is 5.16. The minimum absolute atomic E-state index is 0.0362. The molecule has 2 aromatic rings. The van der Waals surface area contributed by atoms with Gasteiger partial charge in [0.15, 0.2) is 0 Å². The summed E-state index contributed by atoms with van der Waals surface area (Å²) in [5.74, 6) is -1.42. The number of rotatable bonds is 1. The van der Waals surface area contributed by atoms with Gasteiger partial charge in [-0.25, -0.2) is 4.79 Å². The highest BCUT2D eigenvalue weighted by Gasteiger charge is 2.22. The highest BCUT2D eigenvalue weighted by Crippen LogP contribution is 2.46. The smallest absolute Gasteiger partial charge is 0.347 e. The summed E-state index contributed by atoms with van der Waals surface area (Å²) in [4.78, 5) is 10.8. The Hall–Kier alpha value is -0.680. The second-order valence-electron chi connectivity index (χ2n) is 2.94. The molecule has 0 fully saturated rings. The molecule has 7 heteroatoms. The lowest BCUT2D eigenvalue weighted by Gasteiger charge is -2.00. The molecule has 0 unspecified atom stereocenters. The Morgan fingerprint density at radius 2 is 1.88 bits per heavy atom. The normalized spacial score (nSPS) is 10.9. The van der Waals surface area contributed by atoms with E-state index in [1.807, 2.05) is 0 Å². The number of hydrogen-bond acceptors (Lipinski definition) is 3. The van der Waals surface area contributed by atoms with Crippen LogP contribution in [0, 0.1) is 0 Å². The molecule has 0 spiro atoms. The van der Waals surface area contributed by atoms with Crippen molar-refractivity contribution in [1.29, 1.82) is 0 Å². The summed E-state index contributed by atoms with van der Waals surface area (Å²) in [5, 5.41) is 19.0. The average Bonchev–Trinajstić information content (AvgIpc) is 2.53. The molecule has 2 N–H and O–H groups in total. The molecule has 84 valence electrons. The number of fused-ring (bicyclic) bond motifs is 1. The summed E-state index contributed by atoms with van der Waals surface area (Å²) in [7, 11) is 0. The van der Waals surface area contributed by atoms with E-state index in [1.165, 1.54) is 6.07 Å². The Labute approximate surface area is 109 Å². The first-order valence-electron chi connectivity index (χ1n) is 3.95. The van der Waals surface area contributed by atoms with Crippen LogP contribution >= 0.6 is 46.1 Å². The quantitative estimate of drug-likeness (QED) is 0.826. The molecule has 1 aromatic carbocycles. The van der Waals surface area contributed by atoms with Crippen LogP contribution in [0.3, 0.4) is 0 Å². The topological polar surface area (TPSA) is 57.5 Å². The van der Waals surface area contributed by atoms with Crippen molar-refractivity contribution in [3.63, 3.8) is 0 Å². The second kappa shape index (κ2) is 3.96. The molecule has 16 heavy (non-hydrogen) atoms. The van der Waals surface area contributed by atoms with Gasteiger partial charge in [-0.1, -0.05) is 34.8 Å². The van der Waals surface area contributed by atoms with Gasteiger partial charge in [0.1, 0.15) is 10.6 Å². The number of carboxylic acids is 1. The largest absolute Gasteiger partial charge is 0.506 e. The summed E-state index contributed by atoms with van der Waals surface area (Å²) in [6.07, 6.45) is 0. The maximum Gasteiger partial charge on any atom is 0.347 e. The third kappa shape index (κ3) is 1.62. The van der Waals surface area contributed by atoms with Crippen molar-refractivity contribution in [1.82, 2.24) is 0 Å². The summed E-state index contributed by atoms with van der Waals surface area (Å²) in [6.45, 7) is 0. The number of halogens is 3. The summed E-state index contributed by atoms with van der Waals surface area (Å²) in [5.41, 5.74) is 0. The Morgan fingerprint density at radius 3 is 2.44 bits per heavy atom. The van der Waals surface area contributed by atoms with E-state index in [9.17, 15) is 9.90 Å². The number of hydrogen-bond donors (Lipinski definition) is 2. The third-order valence-corrected chi connectivity index (χ3v) is 4.38. The predicted molar refractivity (Wildman–Crippen MR) is 65.5 cm³/mol. The molecular weight excluding hydrogens is 295 g/mol. The number of carboxylic acid groups (broad SMARTS) is 1. The van der Waals surface area contributed by atoms with E-state index >= 15 is 0 Å². The van der Waals surface area contributed by atoms with Gasteiger partial charge < -0.3 is 10.2 Å². The van der Waals surface area contributed by atoms with Crippen molar-refractivity contribution in [3.8, 4) is 5.75 Å². The molecule has 1 aromatic heterocycles.